The summed E-state index contributed by atoms with van der Waals surface area (Å²) >= 11 is 0. The van der Waals surface area contributed by atoms with Crippen LogP contribution in [0.4, 0.5) is 11.4 Å². The number of nitrogens with one attached hydrogen (secondary N) is 1. The molecule has 1 N–H and O–H groups in total. The van der Waals surface area contributed by atoms with Crippen molar-refractivity contribution in [2.75, 3.05) is 26.4 Å². The normalized spacial score (nSPS) is 9.93. The van der Waals surface area contributed by atoms with Crippen LogP contribution in [0.3, 0.4) is 0 Å². The van der Waals surface area contributed by atoms with Crippen LogP contribution < -0.4 is 43.0 Å². The Morgan fingerprint density at radius 2 is 0.975 bits per heavy atom. The Balaban J connectivity index is -0.000000566. The van der Waals surface area contributed by atoms with Crippen LogP contribution in [0.1, 0.15) is 33.3 Å². The van der Waals surface area contributed by atoms with Crippen LogP contribution >= 0.6 is 0 Å². The van der Waals surface area contributed by atoms with Gasteiger partial charge in [-0.2, -0.15) is 0 Å². The number of benzene rings is 3. The molecule has 0 bridgehead atoms. The SMILES string of the molecule is CCOCC.CCOCC.C[Si](C)(C)[N-]c1cccc2cccc([N-][Si](C)(C)C)c12.[Li+].[Li+].[NH+]#Cc1ccccc1. The molecule has 0 saturated carbocycles. The van der Waals surface area contributed by atoms with E-state index >= 15 is 0 Å². The first-order valence-electron chi connectivity index (χ1n) is 13.5. The van der Waals surface area contributed by atoms with Gasteiger partial charge in [0.1, 0.15) is 5.56 Å². The van der Waals surface area contributed by atoms with E-state index in [9.17, 15) is 0 Å². The number of hydrogen-bond acceptors (Lipinski definition) is 2. The maximum Gasteiger partial charge on any atom is 1.00 e. The van der Waals surface area contributed by atoms with Crippen LogP contribution in [-0.2, 0) is 9.47 Å². The minimum Gasteiger partial charge on any atom is -0.687 e. The van der Waals surface area contributed by atoms with Crippen LogP contribution in [-0.4, -0.2) is 42.9 Å². The van der Waals surface area contributed by atoms with Gasteiger partial charge in [-0.1, -0.05) is 99.1 Å². The number of rotatable bonds is 8. The van der Waals surface area contributed by atoms with Crippen LogP contribution in [0.2, 0.25) is 39.3 Å². The van der Waals surface area contributed by atoms with Crippen molar-refractivity contribution in [3.63, 3.8) is 0 Å². The maximum atomic E-state index is 6.69. The molecule has 9 heteroatoms. The summed E-state index contributed by atoms with van der Waals surface area (Å²) in [6, 6.07) is 24.4. The van der Waals surface area contributed by atoms with Gasteiger partial charge in [0.2, 0.25) is 0 Å². The van der Waals surface area contributed by atoms with Crippen molar-refractivity contribution in [3.8, 4) is 6.07 Å². The van der Waals surface area contributed by atoms with Gasteiger partial charge in [-0.25, -0.2) is 0 Å². The minimum atomic E-state index is -1.50. The van der Waals surface area contributed by atoms with E-state index in [-0.39, 0.29) is 37.7 Å². The van der Waals surface area contributed by atoms with Crippen LogP contribution in [0, 0.1) is 6.07 Å². The molecule has 40 heavy (non-hydrogen) atoms. The van der Waals surface area contributed by atoms with E-state index < -0.39 is 16.5 Å². The van der Waals surface area contributed by atoms with Gasteiger partial charge >= 0.3 is 43.8 Å². The van der Waals surface area contributed by atoms with E-state index in [0.717, 1.165) is 43.4 Å². The fraction of sp³-hybridized carbons (Fsp3) is 0.452. The quantitative estimate of drug-likeness (QED) is 0.426. The summed E-state index contributed by atoms with van der Waals surface area (Å²) in [5, 5.41) is 9.16. The molecule has 0 radical (unpaired) electrons. The molecule has 0 aliphatic rings. The van der Waals surface area contributed by atoms with Gasteiger partial charge in [-0.15, -0.1) is 11.4 Å². The summed E-state index contributed by atoms with van der Waals surface area (Å²) in [6.07, 6.45) is 0. The summed E-state index contributed by atoms with van der Waals surface area (Å²) in [5.74, 6) is 0. The molecular weight excluding hydrogens is 516 g/mol. The van der Waals surface area contributed by atoms with Crippen LogP contribution in [0.25, 0.3) is 20.7 Å². The maximum absolute atomic E-state index is 6.69. The zero-order valence-electron chi connectivity index (χ0n) is 27.4. The van der Waals surface area contributed by atoms with Gasteiger partial charge in [0.05, 0.1) is 0 Å². The standard InChI is InChI=1S/C16H24N2Si2.C7H5N.2C4H10O.2Li/c1-19(2,3)17-14-11-7-9-13-10-8-12-15(16(13)14)18-20(4,5)6;8-6-7-4-2-1-3-5-7;2*1-3-5-4-2;;/h7-12H,1-6H3;1-5H;2*3-4H2,1-2H3;;/q-2;;;;2*+1/p+1. The third kappa shape index (κ3) is 21.3. The summed E-state index contributed by atoms with van der Waals surface area (Å²) in [4.78, 5) is 10.0. The second kappa shape index (κ2) is 24.2. The zero-order chi connectivity index (χ0) is 29.0. The second-order valence-electron chi connectivity index (χ2n) is 10.3. The second-order valence-corrected chi connectivity index (χ2v) is 19.4. The number of hydrogen-bond donors (Lipinski definition) is 1. The Hall–Kier alpha value is -1.44. The number of ether oxygens (including phenoxy) is 2. The van der Waals surface area contributed by atoms with Gasteiger partial charge in [0.15, 0.2) is 0 Å². The van der Waals surface area contributed by atoms with Crippen molar-refractivity contribution >= 4 is 38.6 Å². The van der Waals surface area contributed by atoms with Crippen molar-refractivity contribution in [3.05, 3.63) is 82.3 Å². The van der Waals surface area contributed by atoms with E-state index in [1.165, 1.54) is 10.8 Å². The molecule has 210 valence electrons. The van der Waals surface area contributed by atoms with Crippen molar-refractivity contribution in [2.24, 2.45) is 0 Å². The minimum absolute atomic E-state index is 0. The molecule has 3 aromatic carbocycles. The Bertz CT molecular complexity index is 1010. The van der Waals surface area contributed by atoms with E-state index in [2.05, 4.69) is 81.7 Å². The van der Waals surface area contributed by atoms with Crippen molar-refractivity contribution in [1.29, 1.82) is 0 Å². The fourth-order valence-electron chi connectivity index (χ4n) is 3.14. The summed E-state index contributed by atoms with van der Waals surface area (Å²) in [6.45, 7) is 24.9. The first-order valence-corrected chi connectivity index (χ1v) is 20.4. The third-order valence-corrected chi connectivity index (χ3v) is 6.33. The summed E-state index contributed by atoms with van der Waals surface area (Å²) in [5.41, 5.74) is 3.05. The van der Waals surface area contributed by atoms with Crippen LogP contribution in [0.15, 0.2) is 66.7 Å². The zero-order valence-corrected chi connectivity index (χ0v) is 29.4. The molecule has 0 aromatic heterocycles. The number of nitrogens with zero attached hydrogens (tertiary/aromatic N) is 2. The molecule has 0 spiro atoms. The third-order valence-electron chi connectivity index (χ3n) is 4.51. The molecule has 0 saturated heterocycles. The van der Waals surface area contributed by atoms with Gasteiger partial charge in [0, 0.05) is 26.4 Å². The topological polar surface area (TPSA) is 70.5 Å². The largest absolute Gasteiger partial charge is 1.00 e. The molecule has 0 fully saturated rings. The molecule has 0 aliphatic heterocycles. The van der Waals surface area contributed by atoms with Crippen molar-refractivity contribution < 1.29 is 52.5 Å². The predicted molar refractivity (Wildman–Crippen MR) is 171 cm³/mol. The molecule has 0 unspecified atom stereocenters. The van der Waals surface area contributed by atoms with Gasteiger partial charge in [0.25, 0.3) is 0 Å². The van der Waals surface area contributed by atoms with E-state index in [0.29, 0.717) is 0 Å². The number of fused-ring (bicyclic) bond motifs is 1. The van der Waals surface area contributed by atoms with Crippen molar-refractivity contribution in [1.82, 2.24) is 0 Å². The molecule has 0 aliphatic carbocycles. The summed E-state index contributed by atoms with van der Waals surface area (Å²) in [7, 11) is -3.00. The van der Waals surface area contributed by atoms with Crippen LogP contribution in [0.5, 0.6) is 0 Å². The predicted octanol–water partition coefficient (Wildman–Crippen LogP) is 2.42. The fourth-order valence-corrected chi connectivity index (χ4v) is 4.96. The molecule has 0 heterocycles. The molecular formula is C31H50Li2N3O2Si2+. The molecule has 0 amide bonds. The Labute approximate surface area is 271 Å². The average molecular weight is 567 g/mol. The van der Waals surface area contributed by atoms with E-state index in [4.69, 9.17) is 24.7 Å². The van der Waals surface area contributed by atoms with Gasteiger partial charge in [-0.05, 0) is 67.1 Å². The van der Waals surface area contributed by atoms with Gasteiger partial charge < -0.3 is 19.4 Å². The van der Waals surface area contributed by atoms with E-state index in [1.54, 1.807) is 0 Å². The Morgan fingerprint density at radius 1 is 0.600 bits per heavy atom. The Morgan fingerprint density at radius 3 is 1.23 bits per heavy atom. The Kier molecular flexibility index (Phi) is 26.0. The van der Waals surface area contributed by atoms with Gasteiger partial charge in [-0.3, -0.25) is 0 Å². The molecule has 3 rings (SSSR count). The first kappa shape index (κ1) is 43.0. The average Bonchev–Trinajstić information content (AvgIpc) is 2.85. The summed E-state index contributed by atoms with van der Waals surface area (Å²) < 4.78 is 9.67. The molecule has 0 atom stereocenters. The van der Waals surface area contributed by atoms with Crippen molar-refractivity contribution in [2.45, 2.75) is 67.0 Å². The first-order chi connectivity index (χ1) is 17.9. The smallest absolute Gasteiger partial charge is 0.687 e. The molecule has 3 aromatic rings. The monoisotopic (exact) mass is 566 g/mol. The molecule has 5 nitrogen and oxygen atoms in total. The van der Waals surface area contributed by atoms with E-state index in [1.807, 2.05) is 58.0 Å².